The molecular formula is C18H25N3O3. The fourth-order valence-electron chi connectivity index (χ4n) is 3.40. The molecule has 1 atom stereocenters. The normalized spacial score (nSPS) is 22.1. The van der Waals surface area contributed by atoms with Crippen molar-refractivity contribution in [3.63, 3.8) is 0 Å². The number of aliphatic hydroxyl groups excluding tert-OH is 1. The summed E-state index contributed by atoms with van der Waals surface area (Å²) in [5, 5.41) is 15.1. The van der Waals surface area contributed by atoms with Crippen molar-refractivity contribution < 1.29 is 14.7 Å². The van der Waals surface area contributed by atoms with E-state index in [-0.39, 0.29) is 24.5 Å². The molecule has 6 nitrogen and oxygen atoms in total. The van der Waals surface area contributed by atoms with E-state index in [0.717, 1.165) is 24.8 Å². The van der Waals surface area contributed by atoms with Crippen molar-refractivity contribution >= 4 is 11.9 Å². The van der Waals surface area contributed by atoms with Gasteiger partial charge in [0, 0.05) is 32.0 Å². The molecule has 1 saturated heterocycles. The van der Waals surface area contributed by atoms with Crippen molar-refractivity contribution in [2.45, 2.75) is 37.8 Å². The van der Waals surface area contributed by atoms with Crippen molar-refractivity contribution in [1.29, 1.82) is 0 Å². The van der Waals surface area contributed by atoms with E-state index in [4.69, 9.17) is 0 Å². The molecule has 1 aromatic carbocycles. The maximum absolute atomic E-state index is 12.1. The lowest BCUT2D eigenvalue weighted by Gasteiger charge is -2.40. The molecule has 1 aliphatic heterocycles. The zero-order valence-corrected chi connectivity index (χ0v) is 13.8. The number of rotatable bonds is 6. The lowest BCUT2D eigenvalue weighted by Crippen LogP contribution is -2.58. The van der Waals surface area contributed by atoms with Gasteiger partial charge in [0.05, 0.1) is 12.1 Å². The van der Waals surface area contributed by atoms with E-state index in [2.05, 4.69) is 10.6 Å². The molecule has 1 aliphatic carbocycles. The highest BCUT2D eigenvalue weighted by Crippen LogP contribution is 2.31. The number of aliphatic hydroxyl groups is 1. The van der Waals surface area contributed by atoms with Gasteiger partial charge in [-0.2, -0.15) is 0 Å². The molecule has 2 fully saturated rings. The first-order valence-electron chi connectivity index (χ1n) is 8.59. The van der Waals surface area contributed by atoms with Gasteiger partial charge in [-0.25, -0.2) is 4.79 Å². The van der Waals surface area contributed by atoms with Crippen LogP contribution in [0.3, 0.4) is 0 Å². The van der Waals surface area contributed by atoms with E-state index in [1.54, 1.807) is 0 Å². The maximum Gasteiger partial charge on any atom is 0.315 e. The minimum absolute atomic E-state index is 0.0206. The Hall–Kier alpha value is -2.08. The van der Waals surface area contributed by atoms with Gasteiger partial charge in [0.15, 0.2) is 0 Å². The van der Waals surface area contributed by atoms with Gasteiger partial charge in [-0.15, -0.1) is 0 Å². The first-order valence-corrected chi connectivity index (χ1v) is 8.59. The zero-order valence-electron chi connectivity index (χ0n) is 13.8. The highest BCUT2D eigenvalue weighted by Gasteiger charge is 2.38. The summed E-state index contributed by atoms with van der Waals surface area (Å²) in [4.78, 5) is 26.0. The molecule has 1 saturated carbocycles. The Kier molecular flexibility index (Phi) is 5.04. The van der Waals surface area contributed by atoms with Gasteiger partial charge >= 0.3 is 6.03 Å². The number of carbonyl (C=O) groups excluding carboxylic acids is 2. The molecule has 0 radical (unpaired) electrons. The number of carbonyl (C=O) groups is 2. The molecule has 3 rings (SSSR count). The number of benzene rings is 1. The van der Waals surface area contributed by atoms with Crippen LogP contribution in [0.15, 0.2) is 30.3 Å². The van der Waals surface area contributed by atoms with Crippen LogP contribution in [-0.4, -0.2) is 47.2 Å². The van der Waals surface area contributed by atoms with E-state index in [0.29, 0.717) is 26.1 Å². The van der Waals surface area contributed by atoms with Crippen LogP contribution in [0, 0.1) is 5.92 Å². The minimum atomic E-state index is -0.436. The van der Waals surface area contributed by atoms with E-state index in [9.17, 15) is 14.7 Å². The van der Waals surface area contributed by atoms with Gasteiger partial charge in [-0.1, -0.05) is 30.3 Å². The standard InChI is InChI=1S/C18H25N3O3/c22-13-18(7-4-8-18)20-17(24)19-10-15-9-16(23)21(12-15)11-14-5-2-1-3-6-14/h1-3,5-6,15,22H,4,7-13H2,(H2,19,20,24). The number of hydrogen-bond donors (Lipinski definition) is 3. The molecule has 1 heterocycles. The summed E-state index contributed by atoms with van der Waals surface area (Å²) in [5.41, 5.74) is 0.682. The Balaban J connectivity index is 1.43. The largest absolute Gasteiger partial charge is 0.394 e. The third kappa shape index (κ3) is 3.87. The van der Waals surface area contributed by atoms with Crippen LogP contribution in [0.1, 0.15) is 31.2 Å². The molecule has 130 valence electrons. The first-order chi connectivity index (χ1) is 11.6. The minimum Gasteiger partial charge on any atom is -0.394 e. The Morgan fingerprint density at radius 1 is 1.29 bits per heavy atom. The van der Waals surface area contributed by atoms with Crippen molar-refractivity contribution in [2.75, 3.05) is 19.7 Å². The van der Waals surface area contributed by atoms with Gasteiger partial charge < -0.3 is 20.6 Å². The molecule has 6 heteroatoms. The summed E-state index contributed by atoms with van der Waals surface area (Å²) in [6, 6.07) is 9.67. The first kappa shape index (κ1) is 16.8. The fraction of sp³-hybridized carbons (Fsp3) is 0.556. The Labute approximate surface area is 142 Å². The average Bonchev–Trinajstić information content (AvgIpc) is 2.90. The van der Waals surface area contributed by atoms with E-state index in [1.807, 2.05) is 35.2 Å². The Morgan fingerprint density at radius 3 is 2.67 bits per heavy atom. The number of amides is 3. The molecule has 24 heavy (non-hydrogen) atoms. The topological polar surface area (TPSA) is 81.7 Å². The van der Waals surface area contributed by atoms with Crippen LogP contribution in [0.5, 0.6) is 0 Å². The lowest BCUT2D eigenvalue weighted by molar-refractivity contribution is -0.128. The zero-order chi connectivity index (χ0) is 17.0. The van der Waals surface area contributed by atoms with Crippen molar-refractivity contribution in [3.05, 3.63) is 35.9 Å². The van der Waals surface area contributed by atoms with Crippen LogP contribution in [0.2, 0.25) is 0 Å². The van der Waals surface area contributed by atoms with E-state index >= 15 is 0 Å². The number of nitrogens with zero attached hydrogens (tertiary/aromatic N) is 1. The van der Waals surface area contributed by atoms with E-state index in [1.165, 1.54) is 0 Å². The van der Waals surface area contributed by atoms with Crippen LogP contribution in [-0.2, 0) is 11.3 Å². The van der Waals surface area contributed by atoms with Gasteiger partial charge in [0.1, 0.15) is 0 Å². The molecule has 0 aromatic heterocycles. The molecular weight excluding hydrogens is 306 g/mol. The summed E-state index contributed by atoms with van der Waals surface area (Å²) in [6.45, 7) is 1.74. The SMILES string of the molecule is O=C(NCC1CC(=O)N(Cc2ccccc2)C1)NC1(CO)CCC1. The van der Waals surface area contributed by atoms with Crippen LogP contribution < -0.4 is 10.6 Å². The van der Waals surface area contributed by atoms with Crippen LogP contribution in [0.4, 0.5) is 4.79 Å². The summed E-state index contributed by atoms with van der Waals surface area (Å²) < 4.78 is 0. The Bertz CT molecular complexity index is 581. The van der Waals surface area contributed by atoms with Crippen LogP contribution >= 0.6 is 0 Å². The molecule has 2 aliphatic rings. The summed E-state index contributed by atoms with van der Waals surface area (Å²) in [6.07, 6.45) is 3.15. The highest BCUT2D eigenvalue weighted by atomic mass is 16.3. The molecule has 1 unspecified atom stereocenters. The van der Waals surface area contributed by atoms with Crippen molar-refractivity contribution in [2.24, 2.45) is 5.92 Å². The van der Waals surface area contributed by atoms with Gasteiger partial charge in [0.25, 0.3) is 0 Å². The van der Waals surface area contributed by atoms with Gasteiger partial charge in [-0.3, -0.25) is 4.79 Å². The van der Waals surface area contributed by atoms with E-state index < -0.39 is 5.54 Å². The van der Waals surface area contributed by atoms with Gasteiger partial charge in [0.2, 0.25) is 5.91 Å². The second kappa shape index (κ2) is 7.21. The number of nitrogens with one attached hydrogen (secondary N) is 2. The predicted octanol–water partition coefficient (Wildman–Crippen LogP) is 1.25. The number of hydrogen-bond acceptors (Lipinski definition) is 3. The molecule has 0 spiro atoms. The molecule has 3 N–H and O–H groups in total. The second-order valence-electron chi connectivity index (χ2n) is 6.96. The quantitative estimate of drug-likeness (QED) is 0.734. The second-order valence-corrected chi connectivity index (χ2v) is 6.96. The highest BCUT2D eigenvalue weighted by molar-refractivity contribution is 5.79. The molecule has 0 bridgehead atoms. The fourth-order valence-corrected chi connectivity index (χ4v) is 3.40. The lowest BCUT2D eigenvalue weighted by atomic mass is 9.77. The molecule has 1 aromatic rings. The predicted molar refractivity (Wildman–Crippen MR) is 90.2 cm³/mol. The van der Waals surface area contributed by atoms with Crippen LogP contribution in [0.25, 0.3) is 0 Å². The van der Waals surface area contributed by atoms with Gasteiger partial charge in [-0.05, 0) is 24.8 Å². The maximum atomic E-state index is 12.1. The van der Waals surface area contributed by atoms with Crippen molar-refractivity contribution in [1.82, 2.24) is 15.5 Å². The summed E-state index contributed by atoms with van der Waals surface area (Å²) in [5.74, 6) is 0.273. The third-order valence-corrected chi connectivity index (χ3v) is 5.05. The summed E-state index contributed by atoms with van der Waals surface area (Å²) >= 11 is 0. The summed E-state index contributed by atoms with van der Waals surface area (Å²) in [7, 11) is 0. The average molecular weight is 331 g/mol. The monoisotopic (exact) mass is 331 g/mol. The Morgan fingerprint density at radius 2 is 2.04 bits per heavy atom. The smallest absolute Gasteiger partial charge is 0.315 e. The third-order valence-electron chi connectivity index (χ3n) is 5.05. The number of likely N-dealkylation sites (tertiary alicyclic amines) is 1. The number of urea groups is 1. The molecule has 3 amide bonds. The van der Waals surface area contributed by atoms with Crippen molar-refractivity contribution in [3.8, 4) is 0 Å².